The second-order valence-electron chi connectivity index (χ2n) is 5.56. The fourth-order valence-electron chi connectivity index (χ4n) is 2.87. The van der Waals surface area contributed by atoms with Crippen molar-refractivity contribution in [2.75, 3.05) is 26.2 Å². The van der Waals surface area contributed by atoms with Crippen molar-refractivity contribution in [3.8, 4) is 0 Å². The van der Waals surface area contributed by atoms with Crippen LogP contribution in [0.2, 0.25) is 0 Å². The summed E-state index contributed by atoms with van der Waals surface area (Å²) in [6.45, 7) is 7.80. The molecule has 2 N–H and O–H groups in total. The number of amides is 1. The summed E-state index contributed by atoms with van der Waals surface area (Å²) in [6.07, 6.45) is 2.36. The zero-order chi connectivity index (χ0) is 12.3. The Labute approximate surface area is 103 Å². The predicted octanol–water partition coefficient (Wildman–Crippen LogP) is 0.773. The molecular weight excluding hydrogens is 216 g/mol. The van der Waals surface area contributed by atoms with Crippen LogP contribution < -0.4 is 10.6 Å². The number of rotatable bonds is 4. The molecule has 2 saturated heterocycles. The summed E-state index contributed by atoms with van der Waals surface area (Å²) >= 11 is 0. The van der Waals surface area contributed by atoms with Gasteiger partial charge in [0.1, 0.15) is 0 Å². The Balaban J connectivity index is 1.75. The van der Waals surface area contributed by atoms with Crippen LogP contribution in [-0.4, -0.2) is 38.3 Å². The van der Waals surface area contributed by atoms with Crippen LogP contribution in [0.4, 0.5) is 0 Å². The molecule has 2 aliphatic rings. The van der Waals surface area contributed by atoms with Gasteiger partial charge < -0.3 is 15.4 Å². The van der Waals surface area contributed by atoms with Crippen molar-refractivity contribution in [1.29, 1.82) is 0 Å². The molecule has 0 radical (unpaired) electrons. The minimum Gasteiger partial charge on any atom is -0.378 e. The van der Waals surface area contributed by atoms with Crippen molar-refractivity contribution < 1.29 is 9.53 Å². The van der Waals surface area contributed by atoms with Gasteiger partial charge in [-0.15, -0.1) is 0 Å². The van der Waals surface area contributed by atoms with Gasteiger partial charge in [0.25, 0.3) is 0 Å². The number of nitrogens with one attached hydrogen (secondary N) is 2. The summed E-state index contributed by atoms with van der Waals surface area (Å²) in [5, 5.41) is 6.32. The van der Waals surface area contributed by atoms with Crippen molar-refractivity contribution in [3.63, 3.8) is 0 Å². The molecule has 0 aromatic heterocycles. The van der Waals surface area contributed by atoms with E-state index in [1.165, 1.54) is 0 Å². The van der Waals surface area contributed by atoms with Gasteiger partial charge in [0.05, 0.1) is 12.0 Å². The molecule has 0 aromatic carbocycles. The van der Waals surface area contributed by atoms with Crippen LogP contribution in [0.15, 0.2) is 0 Å². The molecule has 4 nitrogen and oxygen atoms in total. The minimum absolute atomic E-state index is 0.176. The average Bonchev–Trinajstić information content (AvgIpc) is 2.96. The lowest BCUT2D eigenvalue weighted by Gasteiger charge is -2.22. The Morgan fingerprint density at radius 3 is 2.94 bits per heavy atom. The summed E-state index contributed by atoms with van der Waals surface area (Å²) < 4.78 is 5.72. The molecule has 0 aliphatic carbocycles. The normalized spacial score (nSPS) is 33.2. The van der Waals surface area contributed by atoms with Gasteiger partial charge in [-0.25, -0.2) is 0 Å². The van der Waals surface area contributed by atoms with Crippen molar-refractivity contribution in [1.82, 2.24) is 10.6 Å². The Morgan fingerprint density at radius 1 is 1.47 bits per heavy atom. The van der Waals surface area contributed by atoms with E-state index in [-0.39, 0.29) is 11.8 Å². The van der Waals surface area contributed by atoms with Crippen molar-refractivity contribution in [2.45, 2.75) is 32.8 Å². The largest absolute Gasteiger partial charge is 0.378 e. The van der Waals surface area contributed by atoms with E-state index in [2.05, 4.69) is 24.5 Å². The monoisotopic (exact) mass is 240 g/mol. The highest BCUT2D eigenvalue weighted by atomic mass is 16.5. The number of hydrogen-bond donors (Lipinski definition) is 2. The molecule has 2 aliphatic heterocycles. The standard InChI is InChI=1S/C13H24N2O2/c1-9(2)12-10(4-6-17-12)8-15-13(16)11-3-5-14-7-11/h9-12,14H,3-8H2,1-2H3,(H,15,16). The highest BCUT2D eigenvalue weighted by Gasteiger charge is 2.31. The van der Waals surface area contributed by atoms with E-state index in [4.69, 9.17) is 4.74 Å². The van der Waals surface area contributed by atoms with Gasteiger partial charge >= 0.3 is 0 Å². The van der Waals surface area contributed by atoms with E-state index in [1.54, 1.807) is 0 Å². The van der Waals surface area contributed by atoms with Gasteiger partial charge in [0.15, 0.2) is 0 Å². The second kappa shape index (κ2) is 5.83. The Kier molecular flexibility index (Phi) is 4.40. The molecule has 98 valence electrons. The highest BCUT2D eigenvalue weighted by molar-refractivity contribution is 5.79. The summed E-state index contributed by atoms with van der Waals surface area (Å²) in [5.74, 6) is 1.42. The van der Waals surface area contributed by atoms with Gasteiger partial charge in [-0.1, -0.05) is 13.8 Å². The van der Waals surface area contributed by atoms with Gasteiger partial charge in [-0.05, 0) is 25.3 Å². The van der Waals surface area contributed by atoms with Crippen LogP contribution in [0.5, 0.6) is 0 Å². The first kappa shape index (κ1) is 12.8. The molecule has 17 heavy (non-hydrogen) atoms. The lowest BCUT2D eigenvalue weighted by molar-refractivity contribution is -0.124. The van der Waals surface area contributed by atoms with Crippen LogP contribution >= 0.6 is 0 Å². The fourth-order valence-corrected chi connectivity index (χ4v) is 2.87. The molecule has 3 atom stereocenters. The van der Waals surface area contributed by atoms with Crippen LogP contribution in [-0.2, 0) is 9.53 Å². The maximum absolute atomic E-state index is 11.9. The quantitative estimate of drug-likeness (QED) is 0.763. The third kappa shape index (κ3) is 3.19. The number of ether oxygens (including phenoxy) is 1. The third-order valence-corrected chi connectivity index (χ3v) is 3.89. The van der Waals surface area contributed by atoms with Crippen LogP contribution in [0.1, 0.15) is 26.7 Å². The van der Waals surface area contributed by atoms with Crippen LogP contribution in [0, 0.1) is 17.8 Å². The van der Waals surface area contributed by atoms with E-state index < -0.39 is 0 Å². The van der Waals surface area contributed by atoms with E-state index in [9.17, 15) is 4.79 Å². The SMILES string of the molecule is CC(C)C1OCCC1CNC(=O)C1CCNC1. The second-order valence-corrected chi connectivity index (χ2v) is 5.56. The van der Waals surface area contributed by atoms with Gasteiger partial charge in [0, 0.05) is 25.6 Å². The maximum Gasteiger partial charge on any atom is 0.224 e. The molecule has 0 aromatic rings. The Hall–Kier alpha value is -0.610. The Bertz CT molecular complexity index is 262. The smallest absolute Gasteiger partial charge is 0.224 e. The first-order valence-corrected chi connectivity index (χ1v) is 6.78. The molecule has 3 unspecified atom stereocenters. The zero-order valence-electron chi connectivity index (χ0n) is 10.9. The minimum atomic E-state index is 0.176. The molecule has 2 heterocycles. The van der Waals surface area contributed by atoms with Crippen molar-refractivity contribution >= 4 is 5.91 Å². The van der Waals surface area contributed by atoms with Gasteiger partial charge in [0.2, 0.25) is 5.91 Å². The average molecular weight is 240 g/mol. The van der Waals surface area contributed by atoms with Crippen LogP contribution in [0.25, 0.3) is 0 Å². The zero-order valence-corrected chi connectivity index (χ0v) is 10.9. The number of carbonyl (C=O) groups is 1. The summed E-state index contributed by atoms with van der Waals surface area (Å²) in [5.41, 5.74) is 0. The topological polar surface area (TPSA) is 50.4 Å². The molecule has 2 fully saturated rings. The lowest BCUT2D eigenvalue weighted by Crippen LogP contribution is -2.38. The summed E-state index contributed by atoms with van der Waals surface area (Å²) in [6, 6.07) is 0. The van der Waals surface area contributed by atoms with Crippen molar-refractivity contribution in [3.05, 3.63) is 0 Å². The first-order chi connectivity index (χ1) is 8.18. The highest BCUT2D eigenvalue weighted by Crippen LogP contribution is 2.26. The summed E-state index contributed by atoms with van der Waals surface area (Å²) in [7, 11) is 0. The van der Waals surface area contributed by atoms with E-state index in [1.807, 2.05) is 0 Å². The molecule has 0 saturated carbocycles. The Morgan fingerprint density at radius 2 is 2.29 bits per heavy atom. The molecule has 1 amide bonds. The van der Waals surface area contributed by atoms with Crippen LogP contribution in [0.3, 0.4) is 0 Å². The first-order valence-electron chi connectivity index (χ1n) is 6.78. The molecule has 4 heteroatoms. The fraction of sp³-hybridized carbons (Fsp3) is 0.923. The van der Waals surface area contributed by atoms with E-state index in [0.717, 1.165) is 39.1 Å². The van der Waals surface area contributed by atoms with E-state index in [0.29, 0.717) is 17.9 Å². The summed E-state index contributed by atoms with van der Waals surface area (Å²) in [4.78, 5) is 11.9. The third-order valence-electron chi connectivity index (χ3n) is 3.89. The predicted molar refractivity (Wildman–Crippen MR) is 66.7 cm³/mol. The molecule has 0 bridgehead atoms. The van der Waals surface area contributed by atoms with Gasteiger partial charge in [-0.2, -0.15) is 0 Å². The molecular formula is C13H24N2O2. The molecule has 2 rings (SSSR count). The maximum atomic E-state index is 11.9. The van der Waals surface area contributed by atoms with E-state index >= 15 is 0 Å². The number of hydrogen-bond acceptors (Lipinski definition) is 3. The van der Waals surface area contributed by atoms with Crippen molar-refractivity contribution in [2.24, 2.45) is 17.8 Å². The lowest BCUT2D eigenvalue weighted by atomic mass is 9.93. The number of carbonyl (C=O) groups excluding carboxylic acids is 1. The van der Waals surface area contributed by atoms with Gasteiger partial charge in [-0.3, -0.25) is 4.79 Å². The molecule has 0 spiro atoms.